The van der Waals surface area contributed by atoms with E-state index in [1.54, 1.807) is 0 Å². The minimum atomic E-state index is -0.224. The van der Waals surface area contributed by atoms with Gasteiger partial charge in [-0.2, -0.15) is 0 Å². The Bertz CT molecular complexity index is 6670. The standard InChI is InChI=1S/C102H87BN4S2/c1-99(2,3)65-32-19-23-40-84-78(58-65)79-59-68(102(10,11)12)44-51-87(79)105(84)70-46-48-81-89(61-70)107(86-50-43-67(101(7,8)9)57-77(86)63-30-17-14-18-31-63)91-55-64(71-36-27-37-75-96-94(109-98(71)75)53-52-93-95(96)74-35-22-26-41-92(74)108-93)54-90-97(91)103(81)80-47-45-69(104-82-38-24-20-33-72(82)73-34-21-25-39-83(73)104)60-88(80)106(90)85-49-42-66(100(4,5)6)56-76(85)62-28-15-13-16-29-62/h13-31,33-39,41-61H,32,40H2,1-12H3/b23-19-,65-58+. The molecule has 4 nitrogen and oxygen atoms in total. The van der Waals surface area contributed by atoms with E-state index in [9.17, 15) is 0 Å². The van der Waals surface area contributed by atoms with E-state index in [-0.39, 0.29) is 28.4 Å². The van der Waals surface area contributed by atoms with Crippen LogP contribution in [0, 0.1) is 5.41 Å². The van der Waals surface area contributed by atoms with E-state index in [1.807, 2.05) is 22.7 Å². The molecule has 0 atom stereocenters. The Morgan fingerprint density at radius 2 is 0.807 bits per heavy atom. The van der Waals surface area contributed by atoms with Gasteiger partial charge in [-0.15, -0.1) is 22.7 Å². The Balaban J connectivity index is 0.951. The molecular weight excluding hydrogens is 1360 g/mol. The lowest BCUT2D eigenvalue weighted by atomic mass is 9.33. The van der Waals surface area contributed by atoms with Crippen LogP contribution in [0.25, 0.3) is 124 Å². The van der Waals surface area contributed by atoms with Crippen LogP contribution in [-0.4, -0.2) is 15.8 Å². The largest absolute Gasteiger partial charge is 0.313 e. The van der Waals surface area contributed by atoms with Crippen molar-refractivity contribution in [3.05, 3.63) is 313 Å². The van der Waals surface area contributed by atoms with Crippen LogP contribution in [0.2, 0.25) is 0 Å². The summed E-state index contributed by atoms with van der Waals surface area (Å²) in [6.45, 7) is 28.1. The molecule has 530 valence electrons. The molecule has 0 bridgehead atoms. The first-order chi connectivity index (χ1) is 52.6. The summed E-state index contributed by atoms with van der Waals surface area (Å²) in [5.41, 5.74) is 31.2. The second-order valence-electron chi connectivity index (χ2n) is 34.8. The van der Waals surface area contributed by atoms with Crippen LogP contribution >= 0.6 is 22.7 Å². The van der Waals surface area contributed by atoms with Gasteiger partial charge in [0.15, 0.2) is 0 Å². The first-order valence-corrected chi connectivity index (χ1v) is 40.5. The zero-order valence-electron chi connectivity index (χ0n) is 64.2. The topological polar surface area (TPSA) is 16.3 Å². The predicted molar refractivity (Wildman–Crippen MR) is 475 cm³/mol. The molecular formula is C102H87BN4S2. The van der Waals surface area contributed by atoms with Gasteiger partial charge < -0.3 is 18.9 Å². The third-order valence-corrected chi connectivity index (χ3v) is 26.2. The van der Waals surface area contributed by atoms with Crippen LogP contribution < -0.4 is 26.2 Å². The Morgan fingerprint density at radius 3 is 1.39 bits per heavy atom. The van der Waals surface area contributed by atoms with E-state index in [4.69, 9.17) is 0 Å². The second kappa shape index (κ2) is 24.7. The van der Waals surface area contributed by atoms with Crippen molar-refractivity contribution < 1.29 is 0 Å². The lowest BCUT2D eigenvalue weighted by Gasteiger charge is -2.45. The minimum absolute atomic E-state index is 0.0333. The lowest BCUT2D eigenvalue weighted by molar-refractivity contribution is 0.497. The highest BCUT2D eigenvalue weighted by molar-refractivity contribution is 7.28. The summed E-state index contributed by atoms with van der Waals surface area (Å²) in [6.07, 6.45) is 9.14. The van der Waals surface area contributed by atoms with Crippen molar-refractivity contribution in [2.24, 2.45) is 5.41 Å². The molecule has 3 aliphatic rings. The van der Waals surface area contributed by atoms with Crippen LogP contribution in [0.3, 0.4) is 0 Å². The van der Waals surface area contributed by atoms with Crippen LogP contribution in [-0.2, 0) is 22.7 Å². The summed E-state index contributed by atoms with van der Waals surface area (Å²) in [5, 5.41) is 9.07. The number of anilines is 6. The molecule has 0 unspecified atom stereocenters. The molecule has 0 amide bonds. The molecule has 6 heterocycles. The van der Waals surface area contributed by atoms with Gasteiger partial charge in [0.25, 0.3) is 6.71 Å². The molecule has 0 radical (unpaired) electrons. The first-order valence-electron chi connectivity index (χ1n) is 38.9. The van der Waals surface area contributed by atoms with Crippen molar-refractivity contribution in [1.82, 2.24) is 9.13 Å². The van der Waals surface area contributed by atoms with Gasteiger partial charge in [-0.25, -0.2) is 0 Å². The Labute approximate surface area is 648 Å². The van der Waals surface area contributed by atoms with E-state index in [0.29, 0.717) is 0 Å². The highest BCUT2D eigenvalue weighted by Crippen LogP contribution is 2.55. The number of allylic oxidation sites excluding steroid dienone is 3. The molecule has 0 fully saturated rings. The molecule has 109 heavy (non-hydrogen) atoms. The second-order valence-corrected chi connectivity index (χ2v) is 36.9. The molecule has 7 heteroatoms. The average Bonchev–Trinajstić information content (AvgIpc) is 1.05. The monoisotopic (exact) mass is 1440 g/mol. The third kappa shape index (κ3) is 10.7. The number of nitrogens with zero attached hydrogens (tertiary/aromatic N) is 4. The van der Waals surface area contributed by atoms with Crippen molar-refractivity contribution in [1.29, 1.82) is 0 Å². The summed E-state index contributed by atoms with van der Waals surface area (Å²) in [5.74, 6) is 0. The molecule has 0 spiro atoms. The predicted octanol–water partition coefficient (Wildman–Crippen LogP) is 27.4. The number of aromatic nitrogens is 2. The summed E-state index contributed by atoms with van der Waals surface area (Å²) in [6, 6.07) is 104. The fourth-order valence-corrected chi connectivity index (χ4v) is 20.6. The van der Waals surface area contributed by atoms with E-state index in [2.05, 4.69) is 387 Å². The maximum absolute atomic E-state index is 2.72. The van der Waals surface area contributed by atoms with Crippen molar-refractivity contribution >= 4 is 159 Å². The van der Waals surface area contributed by atoms with Crippen molar-refractivity contribution in [2.75, 3.05) is 9.80 Å². The number of thiophene rings is 2. The Kier molecular flexibility index (Phi) is 15.2. The first kappa shape index (κ1) is 67.2. The fraction of sp³-hybridized carbons (Fsp3) is 0.176. The van der Waals surface area contributed by atoms with Crippen LogP contribution in [0.1, 0.15) is 117 Å². The fourth-order valence-electron chi connectivity index (χ4n) is 18.2. The minimum Gasteiger partial charge on any atom is -0.313 e. The van der Waals surface area contributed by atoms with Crippen LogP contribution in [0.4, 0.5) is 34.1 Å². The number of rotatable bonds is 7. The molecule has 17 aromatic rings. The van der Waals surface area contributed by atoms with Gasteiger partial charge in [-0.3, -0.25) is 0 Å². The quantitative estimate of drug-likeness (QED) is 0.117. The Morgan fingerprint density at radius 1 is 0.321 bits per heavy atom. The SMILES string of the molecule is CC(C)(C)/C1=C/c2c(n(-c3ccc4c(c3)N(c3ccc(C(C)(C)C)cc3-c3ccccc3)c3cc(-c5cccc6c5sc5ccc7sc8ccccc8c7c56)cc5c3B4c3ccc(-n4c6ccccc6c6ccccc64)cc3N5c3ccc(C(C)(C)C)cc3-c3ccccc3)c3ccc(C(C)(C)C)cc23)C/C=C\C1. The van der Waals surface area contributed by atoms with Gasteiger partial charge in [0.1, 0.15) is 0 Å². The van der Waals surface area contributed by atoms with Gasteiger partial charge >= 0.3 is 0 Å². The summed E-state index contributed by atoms with van der Waals surface area (Å²) in [4.78, 5) is 5.42. The van der Waals surface area contributed by atoms with Crippen LogP contribution in [0.5, 0.6) is 0 Å². The number of hydrogen-bond donors (Lipinski definition) is 0. The molecule has 0 saturated heterocycles. The molecule has 0 saturated carbocycles. The smallest absolute Gasteiger partial charge is 0.252 e. The van der Waals surface area contributed by atoms with E-state index >= 15 is 0 Å². The zero-order chi connectivity index (χ0) is 74.3. The molecule has 4 aromatic heterocycles. The van der Waals surface area contributed by atoms with Crippen LogP contribution in [0.15, 0.2) is 285 Å². The van der Waals surface area contributed by atoms with E-state index in [0.717, 1.165) is 63.9 Å². The van der Waals surface area contributed by atoms with Gasteiger partial charge in [0.2, 0.25) is 0 Å². The maximum Gasteiger partial charge on any atom is 0.252 e. The van der Waals surface area contributed by atoms with Crippen molar-refractivity contribution in [3.63, 3.8) is 0 Å². The number of fused-ring (bicyclic) bond motifs is 17. The number of para-hydroxylation sites is 2. The normalized spacial score (nSPS) is 14.7. The van der Waals surface area contributed by atoms with Crippen molar-refractivity contribution in [2.45, 2.75) is 112 Å². The van der Waals surface area contributed by atoms with Crippen molar-refractivity contribution in [3.8, 4) is 44.8 Å². The highest BCUT2D eigenvalue weighted by atomic mass is 32.1. The average molecular weight is 1440 g/mol. The van der Waals surface area contributed by atoms with E-state index in [1.165, 1.54) is 151 Å². The van der Waals surface area contributed by atoms with E-state index < -0.39 is 0 Å². The zero-order valence-corrected chi connectivity index (χ0v) is 65.9. The summed E-state index contributed by atoms with van der Waals surface area (Å²) < 4.78 is 10.4. The van der Waals surface area contributed by atoms with Gasteiger partial charge in [0, 0.05) is 119 Å². The third-order valence-electron chi connectivity index (χ3n) is 23.9. The Hall–Kier alpha value is -11.2. The molecule has 2 aliphatic heterocycles. The molecule has 0 N–H and O–H groups in total. The van der Waals surface area contributed by atoms with Gasteiger partial charge in [-0.05, 0) is 187 Å². The van der Waals surface area contributed by atoms with Gasteiger partial charge in [0.05, 0.1) is 27.9 Å². The summed E-state index contributed by atoms with van der Waals surface area (Å²) >= 11 is 3.84. The van der Waals surface area contributed by atoms with Gasteiger partial charge in [-0.1, -0.05) is 271 Å². The molecule has 13 aromatic carbocycles. The molecule has 1 aliphatic carbocycles. The molecule has 20 rings (SSSR count). The highest BCUT2D eigenvalue weighted by Gasteiger charge is 2.46. The number of hydrogen-bond acceptors (Lipinski definition) is 4. The maximum atomic E-state index is 2.72. The number of benzene rings is 13. The summed E-state index contributed by atoms with van der Waals surface area (Å²) in [7, 11) is 0. The lowest BCUT2D eigenvalue weighted by Crippen LogP contribution is -2.61.